The van der Waals surface area contributed by atoms with Crippen LogP contribution in [-0.4, -0.2) is 20.8 Å². The Labute approximate surface area is 121 Å². The molecule has 0 spiro atoms. The standard InChI is InChI=1S/2C6H5.C2H5.CH2I.Sn/c2*1-2-4-6-5-3-1;2*1-2;/h2*1-5H;1H2,2H3;1H2;. The molecule has 0 aliphatic rings. The van der Waals surface area contributed by atoms with Crippen LogP contribution in [0.15, 0.2) is 60.7 Å². The summed E-state index contributed by atoms with van der Waals surface area (Å²) in [5.41, 5.74) is 0. The van der Waals surface area contributed by atoms with E-state index in [0.717, 1.165) is 0 Å². The third-order valence-electron chi connectivity index (χ3n) is 3.48. The van der Waals surface area contributed by atoms with Crippen molar-refractivity contribution in [3.8, 4) is 0 Å². The molecule has 0 saturated carbocycles. The van der Waals surface area contributed by atoms with E-state index in [1.165, 1.54) is 6.88 Å². The summed E-state index contributed by atoms with van der Waals surface area (Å²) in [6, 6.07) is 22.3. The van der Waals surface area contributed by atoms with E-state index in [2.05, 4.69) is 90.2 Å². The van der Waals surface area contributed by atoms with Gasteiger partial charge in [-0.15, -0.1) is 0 Å². The number of alkyl halides is 1. The van der Waals surface area contributed by atoms with Crippen molar-refractivity contribution in [1.29, 1.82) is 0 Å². The van der Waals surface area contributed by atoms with Gasteiger partial charge >= 0.3 is 123 Å². The van der Waals surface area contributed by atoms with Gasteiger partial charge in [-0.3, -0.25) is 0 Å². The fourth-order valence-corrected chi connectivity index (χ4v) is 21.3. The number of hydrogen-bond donors (Lipinski definition) is 0. The van der Waals surface area contributed by atoms with Gasteiger partial charge in [0, 0.05) is 0 Å². The molecular formula is C15H17ISn. The van der Waals surface area contributed by atoms with Gasteiger partial charge in [-0.2, -0.15) is 0 Å². The van der Waals surface area contributed by atoms with Crippen LogP contribution in [0.25, 0.3) is 0 Å². The molecule has 0 nitrogen and oxygen atoms in total. The van der Waals surface area contributed by atoms with E-state index < -0.39 is 18.4 Å². The second kappa shape index (κ2) is 6.23. The van der Waals surface area contributed by atoms with E-state index in [1.54, 1.807) is 7.16 Å². The summed E-state index contributed by atoms with van der Waals surface area (Å²) in [4.78, 5) is 0. The van der Waals surface area contributed by atoms with E-state index in [9.17, 15) is 0 Å². The van der Waals surface area contributed by atoms with Gasteiger partial charge in [0.15, 0.2) is 0 Å². The molecule has 2 aromatic rings. The van der Waals surface area contributed by atoms with E-state index in [4.69, 9.17) is 0 Å². The van der Waals surface area contributed by atoms with Crippen LogP contribution in [0.1, 0.15) is 6.92 Å². The first-order chi connectivity index (χ1) is 8.33. The summed E-state index contributed by atoms with van der Waals surface area (Å²) < 4.78 is 5.91. The molecule has 0 aliphatic heterocycles. The number of benzene rings is 2. The first-order valence-corrected chi connectivity index (χ1v) is 14.4. The van der Waals surface area contributed by atoms with Gasteiger partial charge in [0.1, 0.15) is 0 Å². The number of halogens is 1. The Kier molecular flexibility index (Phi) is 4.91. The van der Waals surface area contributed by atoms with E-state index >= 15 is 0 Å². The summed E-state index contributed by atoms with van der Waals surface area (Å²) in [6.07, 6.45) is 0. The molecule has 88 valence electrons. The Morgan fingerprint density at radius 3 is 1.53 bits per heavy atom. The second-order valence-electron chi connectivity index (χ2n) is 4.30. The van der Waals surface area contributed by atoms with Gasteiger partial charge in [0.25, 0.3) is 0 Å². The minimum absolute atomic E-state index is 1.32. The first kappa shape index (κ1) is 13.4. The molecule has 17 heavy (non-hydrogen) atoms. The van der Waals surface area contributed by atoms with E-state index in [0.29, 0.717) is 0 Å². The van der Waals surface area contributed by atoms with Crippen LogP contribution in [-0.2, 0) is 0 Å². The Hall–Kier alpha value is -0.0313. The van der Waals surface area contributed by atoms with Crippen LogP contribution >= 0.6 is 22.6 Å². The molecule has 0 unspecified atom stereocenters. The van der Waals surface area contributed by atoms with Crippen molar-refractivity contribution in [2.45, 2.75) is 11.4 Å². The summed E-state index contributed by atoms with van der Waals surface area (Å²) in [6.45, 7) is 2.37. The normalized spacial score (nSPS) is 11.4. The molecule has 0 aromatic heterocycles. The Bertz CT molecular complexity index is 407. The third kappa shape index (κ3) is 2.70. The van der Waals surface area contributed by atoms with Crippen molar-refractivity contribution in [3.63, 3.8) is 0 Å². The summed E-state index contributed by atoms with van der Waals surface area (Å²) in [7, 11) is 0. The SMILES string of the molecule is C[CH2][Sn]([CH2]I)([c]1ccccc1)[c]1ccccc1. The molecule has 0 heterocycles. The monoisotopic (exact) mass is 444 g/mol. The molecule has 0 aliphatic carbocycles. The zero-order valence-corrected chi connectivity index (χ0v) is 15.1. The molecule has 0 atom stereocenters. The number of rotatable bonds is 4. The first-order valence-electron chi connectivity index (χ1n) is 6.00. The fraction of sp³-hybridized carbons (Fsp3) is 0.200. The molecular weight excluding hydrogens is 426 g/mol. The molecule has 0 N–H and O–H groups in total. The van der Waals surface area contributed by atoms with Crippen molar-refractivity contribution in [1.82, 2.24) is 0 Å². The Balaban J connectivity index is 2.54. The minimum atomic E-state index is -2.36. The maximum atomic E-state index is 2.60. The maximum absolute atomic E-state index is 2.60. The molecule has 0 fully saturated rings. The van der Waals surface area contributed by atoms with Crippen molar-refractivity contribution < 1.29 is 0 Å². The van der Waals surface area contributed by atoms with Crippen molar-refractivity contribution >= 4 is 48.1 Å². The van der Waals surface area contributed by atoms with Crippen LogP contribution in [0.3, 0.4) is 0 Å². The zero-order chi connectivity index (χ0) is 12.1. The van der Waals surface area contributed by atoms with Crippen molar-refractivity contribution in [3.05, 3.63) is 60.7 Å². The van der Waals surface area contributed by atoms with Gasteiger partial charge in [-0.25, -0.2) is 0 Å². The van der Waals surface area contributed by atoms with Crippen molar-refractivity contribution in [2.24, 2.45) is 0 Å². The summed E-state index contributed by atoms with van der Waals surface area (Å²) in [5, 5.41) is 0. The predicted molar refractivity (Wildman–Crippen MR) is 87.3 cm³/mol. The molecule has 0 bridgehead atoms. The molecule has 0 amide bonds. The van der Waals surface area contributed by atoms with Gasteiger partial charge in [0.05, 0.1) is 0 Å². The molecule has 2 rings (SSSR count). The fourth-order valence-electron chi connectivity index (χ4n) is 2.34. The number of hydrogen-bond acceptors (Lipinski definition) is 0. The molecule has 2 aromatic carbocycles. The van der Waals surface area contributed by atoms with Crippen LogP contribution < -0.4 is 7.16 Å². The van der Waals surface area contributed by atoms with E-state index in [1.807, 2.05) is 0 Å². The van der Waals surface area contributed by atoms with Gasteiger partial charge in [-0.05, 0) is 0 Å². The van der Waals surface area contributed by atoms with Crippen LogP contribution in [0, 0.1) is 0 Å². The molecule has 0 saturated heterocycles. The van der Waals surface area contributed by atoms with Crippen LogP contribution in [0.4, 0.5) is 0 Å². The molecule has 2 heteroatoms. The quantitative estimate of drug-likeness (QED) is 0.387. The average molecular weight is 443 g/mol. The third-order valence-corrected chi connectivity index (χ3v) is 25.2. The van der Waals surface area contributed by atoms with E-state index in [-0.39, 0.29) is 0 Å². The second-order valence-corrected chi connectivity index (χ2v) is 21.7. The van der Waals surface area contributed by atoms with Gasteiger partial charge < -0.3 is 0 Å². The van der Waals surface area contributed by atoms with Crippen LogP contribution in [0.5, 0.6) is 0 Å². The molecule has 0 radical (unpaired) electrons. The topological polar surface area (TPSA) is 0 Å². The summed E-state index contributed by atoms with van der Waals surface area (Å²) >= 11 is 0.241. The van der Waals surface area contributed by atoms with Gasteiger partial charge in [-0.1, -0.05) is 0 Å². The predicted octanol–water partition coefficient (Wildman–Crippen LogP) is 3.24. The Morgan fingerprint density at radius 1 is 0.824 bits per heavy atom. The van der Waals surface area contributed by atoms with Crippen LogP contribution in [0.2, 0.25) is 4.44 Å². The average Bonchev–Trinajstić information content (AvgIpc) is 2.43. The van der Waals surface area contributed by atoms with Crippen molar-refractivity contribution in [2.75, 3.05) is 2.44 Å². The summed E-state index contributed by atoms with van der Waals surface area (Å²) in [5.74, 6) is 0. The zero-order valence-electron chi connectivity index (χ0n) is 10.1. The van der Waals surface area contributed by atoms with Gasteiger partial charge in [0.2, 0.25) is 0 Å². The Morgan fingerprint density at radius 2 is 1.24 bits per heavy atom.